The fourth-order valence-corrected chi connectivity index (χ4v) is 8.16. The molecule has 1 aromatic heterocycles. The number of aliphatic imine (C=N–C) groups is 1. The van der Waals surface area contributed by atoms with Crippen molar-refractivity contribution in [1.29, 1.82) is 5.26 Å². The molecule has 2 aliphatic rings. The minimum atomic E-state index is -0.920. The molecule has 1 aromatic carbocycles. The lowest BCUT2D eigenvalue weighted by Gasteiger charge is -2.38. The Balaban J connectivity index is 0.00000146. The molecule has 0 N–H and O–H groups in total. The SMILES string of the molecule is C=C(/N=C1/C(F)=C(c2ccc(F)c3sc(C(C)C)c(C#N)c23)C(C)=C/C1=C(/C)N(CC)C(CCC)C(C)C)OCC1CC(F)CN1C.C=CC(C)=O.CC.CCC. The van der Waals surface area contributed by atoms with Crippen molar-refractivity contribution in [3.8, 4) is 6.07 Å². The lowest BCUT2D eigenvalue weighted by molar-refractivity contribution is -0.112. The van der Waals surface area contributed by atoms with Gasteiger partial charge in [0.05, 0.1) is 10.3 Å². The highest BCUT2D eigenvalue weighted by atomic mass is 32.1. The van der Waals surface area contributed by atoms with Crippen LogP contribution in [0.5, 0.6) is 0 Å². The highest BCUT2D eigenvalue weighted by Crippen LogP contribution is 2.45. The summed E-state index contributed by atoms with van der Waals surface area (Å²) in [6.07, 6.45) is 5.88. The van der Waals surface area contributed by atoms with E-state index in [2.05, 4.69) is 70.7 Å². The summed E-state index contributed by atoms with van der Waals surface area (Å²) >= 11 is 1.24. The quantitative estimate of drug-likeness (QED) is 0.149. The molecule has 2 aromatic rings. The number of carbonyl (C=O) groups excluding carboxylic acids is 1. The molecular weight excluding hydrogens is 742 g/mol. The average molecular weight is 811 g/mol. The first kappa shape index (κ1) is 51.1. The minimum Gasteiger partial charge on any atom is -0.476 e. The van der Waals surface area contributed by atoms with Gasteiger partial charge in [-0.05, 0) is 95.4 Å². The standard InChI is InChI=1S/C38H49F3N4OS.C4H6O.C3H8.C2H6/c1-11-13-32(21(3)4)45(12-2)24(8)29-16-23(7)33(28-14-15-31(40)38-34(28)30(18-42)37(47-38)22(5)6)35(41)36(29)43-25(9)46-20-27-17-26(39)19-44(27)10;1-3-4(2)5;1-3-2;1-2/h14-16,21-22,26-27,32H,9,11-13,17,19-20H2,1-8,10H3;3H,1H2,2H3;3H2,1-2H3;1-2H3/b29-24+,43-36+;;;. The van der Waals surface area contributed by atoms with Gasteiger partial charge in [0.15, 0.2) is 11.6 Å². The van der Waals surface area contributed by atoms with E-state index < -0.39 is 17.8 Å². The van der Waals surface area contributed by atoms with Crippen LogP contribution in [0.15, 0.2) is 71.0 Å². The number of rotatable bonds is 13. The van der Waals surface area contributed by atoms with Crippen LogP contribution in [-0.2, 0) is 9.53 Å². The molecule has 57 heavy (non-hydrogen) atoms. The zero-order valence-corrected chi connectivity index (χ0v) is 38.0. The van der Waals surface area contributed by atoms with Crippen LogP contribution in [0.3, 0.4) is 0 Å². The van der Waals surface area contributed by atoms with Gasteiger partial charge in [-0.15, -0.1) is 11.3 Å². The third kappa shape index (κ3) is 13.3. The number of alkyl halides is 1. The number of benzene rings is 1. The largest absolute Gasteiger partial charge is 0.476 e. The molecule has 316 valence electrons. The summed E-state index contributed by atoms with van der Waals surface area (Å²) in [4.78, 5) is 19.3. The van der Waals surface area contributed by atoms with Crippen LogP contribution in [0.25, 0.3) is 15.7 Å². The molecule has 0 saturated carbocycles. The van der Waals surface area contributed by atoms with Gasteiger partial charge in [0.2, 0.25) is 5.88 Å². The highest BCUT2D eigenvalue weighted by molar-refractivity contribution is 7.19. The highest BCUT2D eigenvalue weighted by Gasteiger charge is 2.33. The topological polar surface area (TPSA) is 68.9 Å². The molecule has 3 unspecified atom stereocenters. The Morgan fingerprint density at radius 2 is 1.75 bits per heavy atom. The van der Waals surface area contributed by atoms with Gasteiger partial charge in [0, 0.05) is 52.3 Å². The van der Waals surface area contributed by atoms with E-state index in [1.807, 2.05) is 59.6 Å². The summed E-state index contributed by atoms with van der Waals surface area (Å²) < 4.78 is 52.8. The molecule has 0 spiro atoms. The average Bonchev–Trinajstić information content (AvgIpc) is 3.73. The first-order valence-electron chi connectivity index (χ1n) is 20.5. The smallest absolute Gasteiger partial charge is 0.206 e. The van der Waals surface area contributed by atoms with Crippen molar-refractivity contribution in [2.45, 2.75) is 140 Å². The molecule has 0 bridgehead atoms. The number of likely N-dealkylation sites (tertiary alicyclic amines) is 1. The number of allylic oxidation sites excluding steroid dienone is 7. The van der Waals surface area contributed by atoms with Crippen LogP contribution in [0, 0.1) is 23.1 Å². The summed E-state index contributed by atoms with van der Waals surface area (Å²) in [5, 5.41) is 10.6. The van der Waals surface area contributed by atoms with E-state index in [4.69, 9.17) is 4.74 Å². The summed E-state index contributed by atoms with van der Waals surface area (Å²) in [6.45, 7) is 34.6. The second-order valence-electron chi connectivity index (χ2n) is 14.9. The van der Waals surface area contributed by atoms with Crippen molar-refractivity contribution >= 4 is 38.5 Å². The first-order chi connectivity index (χ1) is 26.9. The van der Waals surface area contributed by atoms with Gasteiger partial charge in [-0.2, -0.15) is 5.26 Å². The lowest BCUT2D eigenvalue weighted by atomic mass is 9.85. The predicted octanol–water partition coefficient (Wildman–Crippen LogP) is 13.3. The number of carbonyl (C=O) groups is 1. The normalized spacial score (nSPS) is 18.8. The van der Waals surface area contributed by atoms with E-state index in [-0.39, 0.29) is 47.6 Å². The number of halogens is 3. The summed E-state index contributed by atoms with van der Waals surface area (Å²) in [7, 11) is 1.85. The Labute approximate surface area is 346 Å². The fraction of sp³-hybridized carbons (Fsp3) is 0.553. The molecular formula is C47H69F3N4O2S. The maximum absolute atomic E-state index is 17.3. The van der Waals surface area contributed by atoms with Gasteiger partial charge in [-0.1, -0.05) is 87.8 Å². The number of ether oxygens (including phenoxy) is 1. The van der Waals surface area contributed by atoms with Crippen LogP contribution in [0.4, 0.5) is 13.2 Å². The van der Waals surface area contributed by atoms with E-state index in [0.29, 0.717) is 51.2 Å². The molecule has 10 heteroatoms. The van der Waals surface area contributed by atoms with Crippen molar-refractivity contribution in [3.05, 3.63) is 87.8 Å². The maximum atomic E-state index is 17.3. The van der Waals surface area contributed by atoms with Gasteiger partial charge >= 0.3 is 0 Å². The van der Waals surface area contributed by atoms with Crippen LogP contribution < -0.4 is 0 Å². The zero-order valence-electron chi connectivity index (χ0n) is 37.2. The second-order valence-corrected chi connectivity index (χ2v) is 16.0. The molecule has 1 saturated heterocycles. The molecule has 1 aliphatic heterocycles. The maximum Gasteiger partial charge on any atom is 0.206 e. The summed E-state index contributed by atoms with van der Waals surface area (Å²) in [6, 6.07) is 5.29. The van der Waals surface area contributed by atoms with Crippen molar-refractivity contribution in [3.63, 3.8) is 0 Å². The van der Waals surface area contributed by atoms with Gasteiger partial charge in [0.1, 0.15) is 30.4 Å². The Bertz CT molecular complexity index is 1850. The molecule has 0 amide bonds. The summed E-state index contributed by atoms with van der Waals surface area (Å²) in [5.74, 6) is -0.626. The van der Waals surface area contributed by atoms with Crippen molar-refractivity contribution in [2.24, 2.45) is 10.9 Å². The van der Waals surface area contributed by atoms with E-state index >= 15 is 8.78 Å². The van der Waals surface area contributed by atoms with Gasteiger partial charge in [0.25, 0.3) is 0 Å². The van der Waals surface area contributed by atoms with E-state index in [1.54, 1.807) is 6.07 Å². The number of likely N-dealkylation sites (N-methyl/N-ethyl adjacent to an activating group) is 1. The number of hydrogen-bond acceptors (Lipinski definition) is 7. The molecule has 1 aliphatic carbocycles. The van der Waals surface area contributed by atoms with Gasteiger partial charge in [-0.25, -0.2) is 18.2 Å². The third-order valence-electron chi connectivity index (χ3n) is 9.68. The molecule has 2 heterocycles. The van der Waals surface area contributed by atoms with Crippen LogP contribution >= 0.6 is 11.3 Å². The Kier molecular flexibility index (Phi) is 22.2. The second kappa shape index (κ2) is 24.7. The first-order valence-corrected chi connectivity index (χ1v) is 21.3. The number of ketones is 1. The number of fused-ring (bicyclic) bond motifs is 1. The van der Waals surface area contributed by atoms with Crippen LogP contribution in [0.2, 0.25) is 0 Å². The van der Waals surface area contributed by atoms with E-state index in [0.717, 1.165) is 30.0 Å². The van der Waals surface area contributed by atoms with E-state index in [9.17, 15) is 14.4 Å². The Morgan fingerprint density at radius 1 is 1.16 bits per heavy atom. The lowest BCUT2D eigenvalue weighted by Crippen LogP contribution is -2.38. The fourth-order valence-electron chi connectivity index (χ4n) is 6.97. The van der Waals surface area contributed by atoms with Crippen LogP contribution in [0.1, 0.15) is 138 Å². The van der Waals surface area contributed by atoms with Crippen molar-refractivity contribution in [2.75, 3.05) is 26.7 Å². The Morgan fingerprint density at radius 3 is 2.21 bits per heavy atom. The number of hydrogen-bond donors (Lipinski definition) is 0. The monoisotopic (exact) mass is 811 g/mol. The molecule has 4 rings (SSSR count). The van der Waals surface area contributed by atoms with Gasteiger partial charge in [-0.3, -0.25) is 9.69 Å². The van der Waals surface area contributed by atoms with Crippen LogP contribution in [-0.4, -0.2) is 66.3 Å². The van der Waals surface area contributed by atoms with Crippen molar-refractivity contribution in [1.82, 2.24) is 9.80 Å². The Hall–Kier alpha value is -3.94. The number of thiophene rings is 1. The number of nitriles is 1. The minimum absolute atomic E-state index is 0.00505. The van der Waals surface area contributed by atoms with E-state index in [1.165, 1.54) is 36.8 Å². The third-order valence-corrected chi connectivity index (χ3v) is 11.2. The number of nitrogens with zero attached hydrogens (tertiary/aromatic N) is 4. The molecule has 3 atom stereocenters. The zero-order chi connectivity index (χ0) is 43.7. The molecule has 0 radical (unpaired) electrons. The van der Waals surface area contributed by atoms with Crippen molar-refractivity contribution < 1.29 is 22.7 Å². The predicted molar refractivity (Wildman–Crippen MR) is 238 cm³/mol. The van der Waals surface area contributed by atoms with Gasteiger partial charge < -0.3 is 9.64 Å². The molecule has 6 nitrogen and oxygen atoms in total. The molecule has 1 fully saturated rings. The summed E-state index contributed by atoms with van der Waals surface area (Å²) in [5.41, 5.74) is 3.30.